The molecular weight excluding hydrogens is 591 g/mol. The van der Waals surface area contributed by atoms with Gasteiger partial charge in [-0.15, -0.1) is 13.2 Å². The molecule has 0 aliphatic carbocycles. The summed E-state index contributed by atoms with van der Waals surface area (Å²) in [7, 11) is 0. The lowest BCUT2D eigenvalue weighted by molar-refractivity contribution is -0.149. The Labute approximate surface area is 257 Å². The smallest absolute Gasteiger partial charge is 0.338 e. The second-order valence-corrected chi connectivity index (χ2v) is 11.4. The van der Waals surface area contributed by atoms with Gasteiger partial charge in [-0.25, -0.2) is 4.90 Å². The molecule has 9 N–H and O–H groups in total. The number of nitrogens with two attached hydrogens (primary N) is 4. The van der Waals surface area contributed by atoms with Gasteiger partial charge in [-0.3, -0.25) is 9.59 Å². The van der Waals surface area contributed by atoms with Crippen LogP contribution in [0.2, 0.25) is 0 Å². The lowest BCUT2D eigenvalue weighted by Crippen LogP contribution is -2.54. The van der Waals surface area contributed by atoms with Gasteiger partial charge in [-0.1, -0.05) is 18.2 Å². The van der Waals surface area contributed by atoms with Crippen molar-refractivity contribution < 1.29 is 22.8 Å². The minimum atomic E-state index is -5.00. The Bertz CT molecular complexity index is 1430. The van der Waals surface area contributed by atoms with E-state index in [1.165, 1.54) is 30.3 Å². The number of rotatable bonds is 8. The van der Waals surface area contributed by atoms with Gasteiger partial charge in [0.15, 0.2) is 5.78 Å². The van der Waals surface area contributed by atoms with Crippen molar-refractivity contribution in [3.05, 3.63) is 60.2 Å². The zero-order chi connectivity index (χ0) is 32.3. The number of para-hydroxylation sites is 1. The topological polar surface area (TPSA) is 199 Å². The Kier molecular flexibility index (Phi) is 9.48. The standard InChI is InChI=1S/C29H36F3N11O2/c30-29(31,32)43(23-4-2-1-3-5-23)25(45)12-24(44)17-6-8-22(9-7-17)37-26-38-27(41-13-18(33)10-19(34)14-41)40-28(39-26)42-15-20(35)11-21(36)16-42/h1-9,18-21H,10-16,33-36H2,(H,37,38,39,40)/t18-,19+,20-,21+. The van der Waals surface area contributed by atoms with Crippen molar-refractivity contribution in [2.75, 3.05) is 46.2 Å². The molecule has 0 saturated carbocycles. The molecule has 2 fully saturated rings. The fourth-order valence-electron chi connectivity index (χ4n) is 5.57. The van der Waals surface area contributed by atoms with Crippen LogP contribution in [0.3, 0.4) is 0 Å². The molecule has 1 aromatic heterocycles. The zero-order valence-corrected chi connectivity index (χ0v) is 24.4. The van der Waals surface area contributed by atoms with Gasteiger partial charge < -0.3 is 38.1 Å². The molecule has 3 aromatic rings. The molecule has 0 unspecified atom stereocenters. The number of aromatic nitrogens is 3. The Hall–Kier alpha value is -4.38. The number of anilines is 5. The molecule has 16 heteroatoms. The van der Waals surface area contributed by atoms with Crippen molar-refractivity contribution >= 4 is 40.9 Å². The normalized spacial score (nSPS) is 22.2. The Morgan fingerprint density at radius 2 is 1.27 bits per heavy atom. The van der Waals surface area contributed by atoms with Gasteiger partial charge in [-0.05, 0) is 49.2 Å². The summed E-state index contributed by atoms with van der Waals surface area (Å²) in [5.74, 6) is -1.21. The molecule has 2 aliphatic heterocycles. The maximum absolute atomic E-state index is 13.7. The molecule has 0 bridgehead atoms. The molecule has 5 rings (SSSR count). The highest BCUT2D eigenvalue weighted by molar-refractivity contribution is 6.12. The molecule has 1 amide bonds. The number of nitrogens with one attached hydrogen (secondary N) is 1. The van der Waals surface area contributed by atoms with Gasteiger partial charge in [-0.2, -0.15) is 15.0 Å². The minimum absolute atomic E-state index is 0.0636. The van der Waals surface area contributed by atoms with Crippen LogP contribution in [-0.4, -0.2) is 83.3 Å². The average molecular weight is 628 g/mol. The van der Waals surface area contributed by atoms with Crippen molar-refractivity contribution in [3.8, 4) is 0 Å². The first-order chi connectivity index (χ1) is 21.4. The first-order valence-corrected chi connectivity index (χ1v) is 14.5. The van der Waals surface area contributed by atoms with Gasteiger partial charge in [0.25, 0.3) is 0 Å². The molecule has 0 spiro atoms. The number of carbonyl (C=O) groups excluding carboxylic acids is 2. The van der Waals surface area contributed by atoms with Gasteiger partial charge in [0, 0.05) is 61.6 Å². The highest BCUT2D eigenvalue weighted by Gasteiger charge is 2.42. The molecule has 2 saturated heterocycles. The van der Waals surface area contributed by atoms with Crippen LogP contribution in [0.4, 0.5) is 42.4 Å². The number of alkyl halides is 3. The first kappa shape index (κ1) is 32.0. The van der Waals surface area contributed by atoms with Crippen LogP contribution < -0.4 is 43.0 Å². The fraction of sp³-hybridized carbons (Fsp3) is 0.414. The third-order valence-corrected chi connectivity index (χ3v) is 7.50. The summed E-state index contributed by atoms with van der Waals surface area (Å²) in [5, 5.41) is 3.10. The molecule has 2 aromatic carbocycles. The van der Waals surface area contributed by atoms with Crippen molar-refractivity contribution in [1.29, 1.82) is 0 Å². The number of nitrogens with zero attached hydrogens (tertiary/aromatic N) is 6. The summed E-state index contributed by atoms with van der Waals surface area (Å²) >= 11 is 0. The highest BCUT2D eigenvalue weighted by Crippen LogP contribution is 2.30. The lowest BCUT2D eigenvalue weighted by atomic mass is 10.0. The molecule has 240 valence electrons. The first-order valence-electron chi connectivity index (χ1n) is 14.5. The molecule has 4 atom stereocenters. The fourth-order valence-corrected chi connectivity index (χ4v) is 5.57. The Morgan fingerprint density at radius 1 is 0.778 bits per heavy atom. The summed E-state index contributed by atoms with van der Waals surface area (Å²) < 4.78 is 41.0. The number of amides is 1. The predicted molar refractivity (Wildman–Crippen MR) is 164 cm³/mol. The molecule has 0 radical (unpaired) electrons. The maximum Gasteiger partial charge on any atom is 0.491 e. The largest absolute Gasteiger partial charge is 0.491 e. The van der Waals surface area contributed by atoms with Crippen LogP contribution in [0.5, 0.6) is 0 Å². The van der Waals surface area contributed by atoms with E-state index >= 15 is 0 Å². The van der Waals surface area contributed by atoms with E-state index in [0.29, 0.717) is 56.6 Å². The summed E-state index contributed by atoms with van der Waals surface area (Å²) in [6.07, 6.45) is -4.62. The summed E-state index contributed by atoms with van der Waals surface area (Å²) in [5.41, 5.74) is 25.0. The molecule has 3 heterocycles. The zero-order valence-electron chi connectivity index (χ0n) is 24.4. The number of piperidine rings is 2. The van der Waals surface area contributed by atoms with Crippen LogP contribution in [0.25, 0.3) is 0 Å². The maximum atomic E-state index is 13.7. The van der Waals surface area contributed by atoms with E-state index in [9.17, 15) is 22.8 Å². The minimum Gasteiger partial charge on any atom is -0.338 e. The second kappa shape index (κ2) is 13.3. The van der Waals surface area contributed by atoms with Crippen LogP contribution >= 0.6 is 0 Å². The van der Waals surface area contributed by atoms with E-state index in [-0.39, 0.29) is 46.3 Å². The van der Waals surface area contributed by atoms with E-state index in [4.69, 9.17) is 22.9 Å². The monoisotopic (exact) mass is 627 g/mol. The van der Waals surface area contributed by atoms with Gasteiger partial charge in [0.2, 0.25) is 23.8 Å². The van der Waals surface area contributed by atoms with Crippen molar-refractivity contribution in [2.24, 2.45) is 22.9 Å². The van der Waals surface area contributed by atoms with Crippen LogP contribution in [0, 0.1) is 0 Å². The van der Waals surface area contributed by atoms with Crippen LogP contribution in [0.15, 0.2) is 54.6 Å². The summed E-state index contributed by atoms with van der Waals surface area (Å²) in [6.45, 7) is 2.00. The van der Waals surface area contributed by atoms with Crippen molar-refractivity contribution in [1.82, 2.24) is 15.0 Å². The van der Waals surface area contributed by atoms with E-state index in [2.05, 4.69) is 20.3 Å². The van der Waals surface area contributed by atoms with Gasteiger partial charge >= 0.3 is 6.30 Å². The number of halogens is 3. The number of Topliss-reactive ketones (excluding diaryl/α,β-unsaturated/α-hetero) is 1. The average Bonchev–Trinajstić information content (AvgIpc) is 2.96. The third kappa shape index (κ3) is 8.02. The number of benzene rings is 2. The number of hydrogen-bond donors (Lipinski definition) is 5. The molecule has 45 heavy (non-hydrogen) atoms. The summed E-state index contributed by atoms with van der Waals surface area (Å²) in [6, 6.07) is 11.8. The highest BCUT2D eigenvalue weighted by atomic mass is 19.4. The predicted octanol–water partition coefficient (Wildman–Crippen LogP) is 1.47. The number of carbonyl (C=O) groups is 2. The van der Waals surface area contributed by atoms with E-state index in [1.807, 2.05) is 9.80 Å². The van der Waals surface area contributed by atoms with E-state index < -0.39 is 24.4 Å². The number of ketones is 1. The van der Waals surface area contributed by atoms with Crippen molar-refractivity contribution in [2.45, 2.75) is 49.7 Å². The van der Waals surface area contributed by atoms with Gasteiger partial charge in [0.05, 0.1) is 12.1 Å². The molecule has 2 aliphatic rings. The van der Waals surface area contributed by atoms with Gasteiger partial charge in [0.1, 0.15) is 0 Å². The quantitative estimate of drug-likeness (QED) is 0.137. The Balaban J connectivity index is 1.34. The van der Waals surface area contributed by atoms with E-state index in [0.717, 1.165) is 12.1 Å². The SMILES string of the molecule is N[C@@H]1C[C@H](N)CN(c2nc(Nc3ccc(C(=O)CC(=O)N(c4ccccc4)C(F)(F)F)cc3)nc(N3C[C@H](N)C[C@H](N)C3)n2)C1. The van der Waals surface area contributed by atoms with Crippen molar-refractivity contribution in [3.63, 3.8) is 0 Å². The number of hydrogen-bond acceptors (Lipinski definition) is 12. The third-order valence-electron chi connectivity index (χ3n) is 7.50. The molecular formula is C29H36F3N11O2. The second-order valence-electron chi connectivity index (χ2n) is 11.4. The summed E-state index contributed by atoms with van der Waals surface area (Å²) in [4.78, 5) is 42.7. The van der Waals surface area contributed by atoms with Crippen LogP contribution in [-0.2, 0) is 4.79 Å². The van der Waals surface area contributed by atoms with E-state index in [1.54, 1.807) is 12.1 Å². The van der Waals surface area contributed by atoms with Crippen LogP contribution in [0.1, 0.15) is 29.6 Å². The molecule has 13 nitrogen and oxygen atoms in total. The lowest BCUT2D eigenvalue weighted by Gasteiger charge is -2.37. The Morgan fingerprint density at radius 3 is 1.73 bits per heavy atom.